The highest BCUT2D eigenvalue weighted by atomic mass is 19.1. The Hall–Kier alpha value is -2.68. The second-order valence-electron chi connectivity index (χ2n) is 9.46. The van der Waals surface area contributed by atoms with E-state index in [4.69, 9.17) is 4.74 Å². The minimum absolute atomic E-state index is 0.0816. The molecule has 3 N–H and O–H groups in total. The molecule has 0 saturated carbocycles. The van der Waals surface area contributed by atoms with E-state index in [1.165, 1.54) is 23.3 Å². The number of hydrogen-bond donors (Lipinski definition) is 3. The van der Waals surface area contributed by atoms with Gasteiger partial charge in [-0.15, -0.1) is 0 Å². The number of nitrogens with zero attached hydrogens (tertiary/aromatic N) is 2. The lowest BCUT2D eigenvalue weighted by Crippen LogP contribution is -2.48. The maximum absolute atomic E-state index is 13.1. The number of rotatable bonds is 7. The molecule has 0 aromatic heterocycles. The summed E-state index contributed by atoms with van der Waals surface area (Å²) in [6.07, 6.45) is 2.87. The van der Waals surface area contributed by atoms with E-state index in [0.717, 1.165) is 63.4 Å². The van der Waals surface area contributed by atoms with Crippen molar-refractivity contribution >= 4 is 11.6 Å². The number of methoxy groups -OCH3 is 1. The first kappa shape index (κ1) is 23.1. The lowest BCUT2D eigenvalue weighted by Gasteiger charge is -2.36. The lowest BCUT2D eigenvalue weighted by atomic mass is 9.77. The highest BCUT2D eigenvalue weighted by molar-refractivity contribution is 5.82. The van der Waals surface area contributed by atoms with Crippen LogP contribution in [0.25, 0.3) is 0 Å². The van der Waals surface area contributed by atoms with Crippen molar-refractivity contribution in [3.63, 3.8) is 0 Å². The summed E-state index contributed by atoms with van der Waals surface area (Å²) in [6.45, 7) is 5.48. The molecule has 2 fully saturated rings. The van der Waals surface area contributed by atoms with E-state index in [1.807, 2.05) is 18.2 Å². The van der Waals surface area contributed by atoms with E-state index >= 15 is 0 Å². The molecule has 2 aliphatic heterocycles. The number of hydrogen-bond acceptors (Lipinski definition) is 6. The Bertz CT molecular complexity index is 993. The third-order valence-corrected chi connectivity index (χ3v) is 7.48. The molecule has 2 aromatic carbocycles. The summed E-state index contributed by atoms with van der Waals surface area (Å²) >= 11 is 0. The number of piperazine rings is 1. The summed E-state index contributed by atoms with van der Waals surface area (Å²) in [7, 11) is 1.69. The normalized spacial score (nSPS) is 24.4. The van der Waals surface area contributed by atoms with Gasteiger partial charge in [-0.05, 0) is 73.3 Å². The van der Waals surface area contributed by atoms with Crippen LogP contribution in [0.15, 0.2) is 42.5 Å². The molecule has 182 valence electrons. The van der Waals surface area contributed by atoms with Gasteiger partial charge in [0.25, 0.3) is 0 Å². The Kier molecular flexibility index (Phi) is 6.99. The lowest BCUT2D eigenvalue weighted by molar-refractivity contribution is -0.123. The molecular weight excluding hydrogens is 433 g/mol. The van der Waals surface area contributed by atoms with Gasteiger partial charge in [-0.2, -0.15) is 0 Å². The first-order chi connectivity index (χ1) is 16.6. The van der Waals surface area contributed by atoms with E-state index in [9.17, 15) is 9.18 Å². The number of amides is 1. The van der Waals surface area contributed by atoms with Crippen LogP contribution in [0.1, 0.15) is 30.0 Å². The number of fused-ring (bicyclic) bond motifs is 3. The molecular formula is C26H34FN5O2. The third-order valence-electron chi connectivity index (χ3n) is 7.48. The highest BCUT2D eigenvalue weighted by Gasteiger charge is 2.43. The highest BCUT2D eigenvalue weighted by Crippen LogP contribution is 2.40. The predicted octanol–water partition coefficient (Wildman–Crippen LogP) is 2.24. The number of nitrogens with one attached hydrogen (secondary N) is 3. The minimum atomic E-state index is -0.209. The number of halogens is 1. The van der Waals surface area contributed by atoms with Crippen molar-refractivity contribution < 1.29 is 13.9 Å². The zero-order chi connectivity index (χ0) is 23.5. The van der Waals surface area contributed by atoms with Crippen molar-refractivity contribution in [2.75, 3.05) is 51.3 Å². The number of hydrazine groups is 1. The molecule has 5 rings (SSSR count). The topological polar surface area (TPSA) is 68.9 Å². The van der Waals surface area contributed by atoms with Crippen LogP contribution in [-0.2, 0) is 11.2 Å². The van der Waals surface area contributed by atoms with Gasteiger partial charge in [0.2, 0.25) is 5.91 Å². The van der Waals surface area contributed by atoms with E-state index in [-0.39, 0.29) is 29.7 Å². The van der Waals surface area contributed by atoms with Crippen molar-refractivity contribution in [3.05, 3.63) is 59.4 Å². The van der Waals surface area contributed by atoms with Crippen molar-refractivity contribution in [2.24, 2.45) is 5.92 Å². The van der Waals surface area contributed by atoms with Crippen LogP contribution in [0.5, 0.6) is 5.75 Å². The number of benzene rings is 2. The molecule has 1 aliphatic carbocycles. The molecule has 1 amide bonds. The van der Waals surface area contributed by atoms with Gasteiger partial charge in [-0.3, -0.25) is 9.69 Å². The molecule has 2 saturated heterocycles. The average molecular weight is 468 g/mol. The molecule has 34 heavy (non-hydrogen) atoms. The van der Waals surface area contributed by atoms with Crippen LogP contribution >= 0.6 is 0 Å². The van der Waals surface area contributed by atoms with Crippen molar-refractivity contribution in [1.29, 1.82) is 0 Å². The first-order valence-electron chi connectivity index (χ1n) is 12.3. The van der Waals surface area contributed by atoms with Gasteiger partial charge in [0, 0.05) is 44.3 Å². The van der Waals surface area contributed by atoms with Gasteiger partial charge in [-0.25, -0.2) is 15.2 Å². The van der Waals surface area contributed by atoms with Gasteiger partial charge in [0.1, 0.15) is 17.6 Å². The van der Waals surface area contributed by atoms with Gasteiger partial charge >= 0.3 is 0 Å². The monoisotopic (exact) mass is 467 g/mol. The SMILES string of the molecule is COc1ccc2c(c1)CCC1C(C(=O)NCCCN3CCN(c4ccc(F)cc4)CC3)NNC21. The maximum Gasteiger partial charge on any atom is 0.238 e. The molecule has 0 bridgehead atoms. The van der Waals surface area contributed by atoms with Crippen molar-refractivity contribution in [1.82, 2.24) is 21.1 Å². The zero-order valence-electron chi connectivity index (χ0n) is 19.7. The standard InChI is InChI=1S/C26H34FN5O2/c1-34-21-8-10-22-18(17-21)3-9-23-24(22)29-30-25(23)26(33)28-11-2-12-31-13-15-32(16-14-31)20-6-4-19(27)5-7-20/h4-8,10,17,23-25,29-30H,2-3,9,11-16H2,1H3,(H,28,33). The van der Waals surface area contributed by atoms with Crippen molar-refractivity contribution in [2.45, 2.75) is 31.3 Å². The fourth-order valence-corrected chi connectivity index (χ4v) is 5.54. The fraction of sp³-hybridized carbons (Fsp3) is 0.500. The van der Waals surface area contributed by atoms with Gasteiger partial charge in [0.05, 0.1) is 13.2 Å². The largest absolute Gasteiger partial charge is 0.497 e. The molecule has 2 heterocycles. The summed E-state index contributed by atoms with van der Waals surface area (Å²) in [5.41, 5.74) is 10.3. The summed E-state index contributed by atoms with van der Waals surface area (Å²) in [5, 5.41) is 3.15. The quantitative estimate of drug-likeness (QED) is 0.543. The number of carbonyl (C=O) groups is 1. The molecule has 7 nitrogen and oxygen atoms in total. The Morgan fingerprint density at radius 3 is 2.68 bits per heavy atom. The van der Waals surface area contributed by atoms with Gasteiger partial charge < -0.3 is 15.0 Å². The third kappa shape index (κ3) is 4.89. The summed E-state index contributed by atoms with van der Waals surface area (Å²) in [6, 6.07) is 12.9. The van der Waals surface area contributed by atoms with Crippen LogP contribution in [0.2, 0.25) is 0 Å². The van der Waals surface area contributed by atoms with Crippen LogP contribution < -0.4 is 25.8 Å². The number of carbonyl (C=O) groups excluding carboxylic acids is 1. The molecule has 3 aliphatic rings. The van der Waals surface area contributed by atoms with Crippen LogP contribution in [0.4, 0.5) is 10.1 Å². The second kappa shape index (κ2) is 10.3. The van der Waals surface area contributed by atoms with Crippen LogP contribution in [0.3, 0.4) is 0 Å². The number of anilines is 1. The summed E-state index contributed by atoms with van der Waals surface area (Å²) in [5.74, 6) is 1.02. The summed E-state index contributed by atoms with van der Waals surface area (Å²) < 4.78 is 18.5. The molecule has 3 atom stereocenters. The first-order valence-corrected chi connectivity index (χ1v) is 12.3. The van der Waals surface area contributed by atoms with E-state index in [2.05, 4.69) is 38.1 Å². The van der Waals surface area contributed by atoms with Crippen LogP contribution in [-0.4, -0.2) is 63.2 Å². The number of ether oxygens (including phenoxy) is 1. The Labute approximate surface area is 200 Å². The Balaban J connectivity index is 1.04. The zero-order valence-corrected chi connectivity index (χ0v) is 19.7. The Morgan fingerprint density at radius 2 is 1.91 bits per heavy atom. The Morgan fingerprint density at radius 1 is 1.12 bits per heavy atom. The van der Waals surface area contributed by atoms with Gasteiger partial charge in [-0.1, -0.05) is 6.07 Å². The van der Waals surface area contributed by atoms with E-state index < -0.39 is 0 Å². The summed E-state index contributed by atoms with van der Waals surface area (Å²) in [4.78, 5) is 17.6. The fourth-order valence-electron chi connectivity index (χ4n) is 5.54. The maximum atomic E-state index is 13.1. The minimum Gasteiger partial charge on any atom is -0.497 e. The smallest absolute Gasteiger partial charge is 0.238 e. The van der Waals surface area contributed by atoms with Gasteiger partial charge in [0.15, 0.2) is 0 Å². The van der Waals surface area contributed by atoms with E-state index in [1.54, 1.807) is 7.11 Å². The second-order valence-corrected chi connectivity index (χ2v) is 9.46. The average Bonchev–Trinajstić information content (AvgIpc) is 3.32. The number of aryl methyl sites for hydroxylation is 1. The van der Waals surface area contributed by atoms with Crippen LogP contribution in [0, 0.1) is 11.7 Å². The molecule has 8 heteroatoms. The molecule has 3 unspecified atom stereocenters. The molecule has 0 spiro atoms. The molecule has 2 aromatic rings. The predicted molar refractivity (Wildman–Crippen MR) is 130 cm³/mol. The van der Waals surface area contributed by atoms with Crippen molar-refractivity contribution in [3.8, 4) is 5.75 Å². The molecule has 0 radical (unpaired) electrons. The van der Waals surface area contributed by atoms with E-state index in [0.29, 0.717) is 6.54 Å².